The van der Waals surface area contributed by atoms with Gasteiger partial charge in [-0.05, 0) is 9.05 Å². The summed E-state index contributed by atoms with van der Waals surface area (Å²) in [7, 11) is -3.86. The maximum Gasteiger partial charge on any atom is 0.564 e. The van der Waals surface area contributed by atoms with Crippen LogP contribution in [0.5, 0.6) is 0 Å². The lowest BCUT2D eigenvalue weighted by molar-refractivity contribution is -0.239. The molecule has 0 N–H and O–H groups in total. The lowest BCUT2D eigenvalue weighted by atomic mass is 11.8. The molecule has 0 bridgehead atoms. The van der Waals surface area contributed by atoms with Crippen LogP contribution in [0, 0.1) is 0 Å². The normalized spacial score (nSPS) is 11.9. The highest BCUT2D eigenvalue weighted by molar-refractivity contribution is 7.48. The minimum absolute atomic E-state index is 0.880. The third-order valence-electron chi connectivity index (χ3n) is 0.335. The van der Waals surface area contributed by atoms with E-state index in [0.29, 0.717) is 0 Å². The summed E-state index contributed by atoms with van der Waals surface area (Å²) in [5.41, 5.74) is 0. The lowest BCUT2D eigenvalue weighted by Gasteiger charge is -2.01. The molecule has 56 valence electrons. The summed E-state index contributed by atoms with van der Waals surface area (Å²) in [6.45, 7) is 0. The molecule has 0 atom stereocenters. The Bertz CT molecular complexity index is 108. The molecule has 5 nitrogen and oxygen atoms in total. The van der Waals surface area contributed by atoms with Gasteiger partial charge in [0, 0.05) is 0 Å². The van der Waals surface area contributed by atoms with Crippen LogP contribution in [0.2, 0.25) is 0 Å². The van der Waals surface area contributed by atoms with Crippen molar-refractivity contribution in [3.05, 3.63) is 0 Å². The third kappa shape index (κ3) is 2.83. The predicted octanol–water partition coefficient (Wildman–Crippen LogP) is 1.47. The van der Waals surface area contributed by atoms with E-state index in [4.69, 9.17) is 0 Å². The average molecular weight is 164 g/mol. The topological polar surface area (TPSA) is 54.0 Å². The van der Waals surface area contributed by atoms with Crippen LogP contribution in [0.25, 0.3) is 0 Å². The molecular formula is CH3F2O5P. The van der Waals surface area contributed by atoms with Gasteiger partial charge in [-0.1, -0.05) is 9.46 Å². The molecule has 9 heavy (non-hydrogen) atoms. The fourth-order valence-electron chi connectivity index (χ4n) is 0.125. The van der Waals surface area contributed by atoms with Gasteiger partial charge in [-0.2, -0.15) is 0 Å². The quantitative estimate of drug-likeness (QED) is 0.357. The van der Waals surface area contributed by atoms with Crippen molar-refractivity contribution in [2.45, 2.75) is 0 Å². The molecule has 0 amide bonds. The number of hydrogen-bond donors (Lipinski definition) is 0. The van der Waals surface area contributed by atoms with Crippen LogP contribution >= 0.6 is 7.82 Å². The highest BCUT2D eigenvalue weighted by Crippen LogP contribution is 2.49. The zero-order chi connectivity index (χ0) is 7.33. The second-order valence-corrected chi connectivity index (χ2v) is 2.15. The van der Waals surface area contributed by atoms with Crippen molar-refractivity contribution in [2.75, 3.05) is 7.11 Å². The largest absolute Gasteiger partial charge is 0.564 e. The highest BCUT2D eigenvalue weighted by Gasteiger charge is 2.30. The fourth-order valence-corrected chi connectivity index (χ4v) is 0.375. The van der Waals surface area contributed by atoms with Crippen LogP contribution < -0.4 is 0 Å². The summed E-state index contributed by atoms with van der Waals surface area (Å²) >= 11 is 0. The Kier molecular flexibility index (Phi) is 3.83. The van der Waals surface area contributed by atoms with E-state index in [1.807, 2.05) is 0 Å². The first-order valence-electron chi connectivity index (χ1n) is 1.61. The Morgan fingerprint density at radius 2 is 1.78 bits per heavy atom. The van der Waals surface area contributed by atoms with E-state index >= 15 is 0 Å². The Morgan fingerprint density at radius 1 is 1.33 bits per heavy atom. The number of rotatable bonds is 4. The highest BCUT2D eigenvalue weighted by atomic mass is 31.2. The summed E-state index contributed by atoms with van der Waals surface area (Å²) in [6.07, 6.45) is 0. The van der Waals surface area contributed by atoms with E-state index in [1.54, 1.807) is 0 Å². The maximum absolute atomic E-state index is 10.9. The van der Waals surface area contributed by atoms with Gasteiger partial charge in [0.2, 0.25) is 0 Å². The van der Waals surface area contributed by atoms with E-state index in [0.717, 1.165) is 7.11 Å². The number of halogens is 2. The van der Waals surface area contributed by atoms with Crippen molar-refractivity contribution in [2.24, 2.45) is 0 Å². The molecule has 0 rings (SSSR count). The van der Waals surface area contributed by atoms with Crippen LogP contribution in [-0.2, 0) is 23.6 Å². The first-order valence-corrected chi connectivity index (χ1v) is 3.07. The number of hydrogen-bond acceptors (Lipinski definition) is 5. The molecular weight excluding hydrogens is 161 g/mol. The van der Waals surface area contributed by atoms with Crippen molar-refractivity contribution >= 4 is 7.82 Å². The second-order valence-electron chi connectivity index (χ2n) is 0.826. The summed E-state index contributed by atoms with van der Waals surface area (Å²) in [6, 6.07) is 0. The Morgan fingerprint density at radius 3 is 1.89 bits per heavy atom. The summed E-state index contributed by atoms with van der Waals surface area (Å²) in [4.78, 5) is 3.60. The SMILES string of the molecule is COOP(=O)(OF)OF. The molecule has 0 saturated heterocycles. The Labute approximate surface area is 48.8 Å². The molecule has 0 unspecified atom stereocenters. The number of phosphoric acid groups is 1. The maximum atomic E-state index is 10.9. The standard InChI is InChI=1S/CH3F2O5P/c1-5-8-9(4,6-2)7-3/h1H3. The molecule has 0 radical (unpaired) electrons. The van der Waals surface area contributed by atoms with E-state index < -0.39 is 7.82 Å². The van der Waals surface area contributed by atoms with Gasteiger partial charge in [0.15, 0.2) is 0 Å². The van der Waals surface area contributed by atoms with Gasteiger partial charge in [-0.3, -0.25) is 0 Å². The summed E-state index contributed by atoms with van der Waals surface area (Å²) < 4.78 is 40.1. The molecule has 0 aliphatic carbocycles. The van der Waals surface area contributed by atoms with Crippen LogP contribution in [0.4, 0.5) is 9.05 Å². The Hall–Kier alpha value is -0.0700. The van der Waals surface area contributed by atoms with Crippen molar-refractivity contribution in [1.29, 1.82) is 0 Å². The van der Waals surface area contributed by atoms with Crippen LogP contribution in [-0.4, -0.2) is 7.11 Å². The monoisotopic (exact) mass is 164 g/mol. The van der Waals surface area contributed by atoms with Crippen molar-refractivity contribution < 1.29 is 32.6 Å². The summed E-state index contributed by atoms with van der Waals surface area (Å²) in [5, 5.41) is 0. The Balaban J connectivity index is 3.78. The van der Waals surface area contributed by atoms with Crippen LogP contribution in [0.1, 0.15) is 0 Å². The second kappa shape index (κ2) is 3.86. The molecule has 0 spiro atoms. The minimum atomic E-state index is -4.74. The van der Waals surface area contributed by atoms with Gasteiger partial charge in [-0.15, -0.1) is 4.67 Å². The van der Waals surface area contributed by atoms with Gasteiger partial charge in [-0.25, -0.2) is 9.45 Å². The zero-order valence-electron chi connectivity index (χ0n) is 4.24. The molecule has 8 heteroatoms. The fraction of sp³-hybridized carbons (Fsp3) is 1.00. The molecule has 0 saturated carbocycles. The first-order chi connectivity index (χ1) is 4.18. The van der Waals surface area contributed by atoms with Crippen LogP contribution in [0.15, 0.2) is 0 Å². The lowest BCUT2D eigenvalue weighted by Crippen LogP contribution is -1.88. The molecule has 0 aromatic rings. The molecule has 0 aromatic heterocycles. The molecule has 0 aliphatic rings. The third-order valence-corrected chi connectivity index (χ3v) is 1.00. The van der Waals surface area contributed by atoms with Gasteiger partial charge in [0.25, 0.3) is 0 Å². The minimum Gasteiger partial charge on any atom is -0.230 e. The molecule has 0 aliphatic heterocycles. The molecule has 0 fully saturated rings. The van der Waals surface area contributed by atoms with Gasteiger partial charge in [0.1, 0.15) is 0 Å². The van der Waals surface area contributed by atoms with E-state index in [1.165, 1.54) is 0 Å². The van der Waals surface area contributed by atoms with Gasteiger partial charge >= 0.3 is 7.82 Å². The van der Waals surface area contributed by atoms with Crippen molar-refractivity contribution in [3.8, 4) is 0 Å². The average Bonchev–Trinajstić information content (AvgIpc) is 1.89. The molecule has 0 heterocycles. The van der Waals surface area contributed by atoms with Crippen molar-refractivity contribution in [1.82, 2.24) is 0 Å². The smallest absolute Gasteiger partial charge is 0.230 e. The van der Waals surface area contributed by atoms with E-state index in [-0.39, 0.29) is 0 Å². The molecule has 0 aromatic carbocycles. The van der Waals surface area contributed by atoms with Gasteiger partial charge in [0.05, 0.1) is 7.11 Å². The summed E-state index contributed by atoms with van der Waals surface area (Å²) in [5.74, 6) is 0. The van der Waals surface area contributed by atoms with E-state index in [9.17, 15) is 13.6 Å². The van der Waals surface area contributed by atoms with Crippen molar-refractivity contribution in [3.63, 3.8) is 0 Å². The first kappa shape index (κ1) is 8.93. The van der Waals surface area contributed by atoms with E-state index in [2.05, 4.69) is 19.0 Å². The zero-order valence-corrected chi connectivity index (χ0v) is 5.14. The predicted molar refractivity (Wildman–Crippen MR) is 20.1 cm³/mol. The van der Waals surface area contributed by atoms with Gasteiger partial charge < -0.3 is 0 Å². The van der Waals surface area contributed by atoms with Crippen LogP contribution in [0.3, 0.4) is 0 Å².